The van der Waals surface area contributed by atoms with Crippen LogP contribution in [0.3, 0.4) is 0 Å². The van der Waals surface area contributed by atoms with Gasteiger partial charge < -0.3 is 19.7 Å². The number of hydrogen-bond acceptors (Lipinski definition) is 6. The van der Waals surface area contributed by atoms with Gasteiger partial charge in [0, 0.05) is 18.4 Å². The molecule has 2 N–H and O–H groups in total. The molecule has 0 spiro atoms. The highest BCUT2D eigenvalue weighted by molar-refractivity contribution is 6.05. The molecule has 3 aliphatic rings. The Morgan fingerprint density at radius 2 is 1.88 bits per heavy atom. The van der Waals surface area contributed by atoms with Crippen LogP contribution in [0.5, 0.6) is 11.5 Å². The summed E-state index contributed by atoms with van der Waals surface area (Å²) in [5, 5.41) is 21.8. The second-order valence-electron chi connectivity index (χ2n) is 9.31. The lowest BCUT2D eigenvalue weighted by Crippen LogP contribution is -2.55. The number of benzene rings is 2. The van der Waals surface area contributed by atoms with E-state index in [4.69, 9.17) is 9.47 Å². The molecule has 3 fully saturated rings. The van der Waals surface area contributed by atoms with Crippen molar-refractivity contribution in [2.75, 3.05) is 13.2 Å². The smallest absolute Gasteiger partial charge is 0.233 e. The number of carbonyl (C=O) groups is 2. The summed E-state index contributed by atoms with van der Waals surface area (Å²) in [5.41, 5.74) is 0.735. The van der Waals surface area contributed by atoms with Gasteiger partial charge in [0.05, 0.1) is 24.5 Å². The lowest BCUT2D eigenvalue weighted by molar-refractivity contribution is -0.272. The zero-order valence-corrected chi connectivity index (χ0v) is 18.6. The van der Waals surface area contributed by atoms with Crippen molar-refractivity contribution in [1.29, 1.82) is 0 Å². The largest absolute Gasteiger partial charge is 0.508 e. The van der Waals surface area contributed by atoms with Crippen molar-refractivity contribution >= 4 is 11.8 Å². The van der Waals surface area contributed by atoms with Gasteiger partial charge in [-0.1, -0.05) is 37.3 Å². The van der Waals surface area contributed by atoms with E-state index >= 15 is 0 Å². The van der Waals surface area contributed by atoms with Crippen LogP contribution < -0.4 is 4.74 Å². The van der Waals surface area contributed by atoms with Crippen LogP contribution in [0.4, 0.5) is 0 Å². The highest BCUT2D eigenvalue weighted by Gasteiger charge is 2.66. The Hall–Kier alpha value is -2.90. The first-order valence-electron chi connectivity index (χ1n) is 11.6. The van der Waals surface area contributed by atoms with Crippen LogP contribution in [-0.4, -0.2) is 45.9 Å². The molecule has 1 saturated carbocycles. The molecule has 2 aromatic carbocycles. The Bertz CT molecular complexity index is 1040. The number of aromatic hydroxyl groups is 1. The summed E-state index contributed by atoms with van der Waals surface area (Å²) in [7, 11) is 0. The van der Waals surface area contributed by atoms with E-state index in [2.05, 4.69) is 0 Å². The van der Waals surface area contributed by atoms with Gasteiger partial charge >= 0.3 is 0 Å². The van der Waals surface area contributed by atoms with Gasteiger partial charge in [0.15, 0.2) is 5.79 Å². The van der Waals surface area contributed by atoms with Crippen LogP contribution >= 0.6 is 0 Å². The SMILES string of the molecule is CCCN1C(=O)[C@H]2[C@H](C[C@H](COc3ccccc3)[C@@]3(O)O[C@H](c4cccc(O)c4)C[C@@H]23)C1=O. The minimum atomic E-state index is -1.61. The number of imide groups is 1. The van der Waals surface area contributed by atoms with Crippen LogP contribution in [0.25, 0.3) is 0 Å². The van der Waals surface area contributed by atoms with Gasteiger partial charge in [-0.15, -0.1) is 0 Å². The highest BCUT2D eigenvalue weighted by atomic mass is 16.6. The molecule has 7 nitrogen and oxygen atoms in total. The molecule has 2 aromatic rings. The molecule has 1 aliphatic carbocycles. The molecule has 0 bridgehead atoms. The molecular formula is C26H29NO6. The average Bonchev–Trinajstić information content (AvgIpc) is 3.28. The van der Waals surface area contributed by atoms with Crippen LogP contribution in [0.15, 0.2) is 54.6 Å². The first-order valence-corrected chi connectivity index (χ1v) is 11.6. The lowest BCUT2D eigenvalue weighted by atomic mass is 9.64. The second kappa shape index (κ2) is 8.47. The lowest BCUT2D eigenvalue weighted by Gasteiger charge is -2.44. The molecule has 2 amide bonds. The van der Waals surface area contributed by atoms with Crippen molar-refractivity contribution in [3.8, 4) is 11.5 Å². The summed E-state index contributed by atoms with van der Waals surface area (Å²) < 4.78 is 12.2. The first kappa shape index (κ1) is 21.9. The predicted molar refractivity (Wildman–Crippen MR) is 119 cm³/mol. The number of aliphatic hydroxyl groups is 1. The molecule has 2 saturated heterocycles. The standard InChI is InChI=1S/C26H29NO6/c1-2-11-27-24(29)20-13-17(15-32-19-9-4-3-5-10-19)26(31)21(23(20)25(27)30)14-22(33-26)16-7-6-8-18(28)12-16/h3-10,12,17,20-23,28,31H,2,11,13-15H2,1H3/t17-,20+,21+,22+,23+,26-/m1/s1. The van der Waals surface area contributed by atoms with Gasteiger partial charge in [-0.2, -0.15) is 0 Å². The van der Waals surface area contributed by atoms with Gasteiger partial charge in [0.1, 0.15) is 11.5 Å². The molecule has 5 rings (SSSR count). The average molecular weight is 452 g/mol. The van der Waals surface area contributed by atoms with E-state index < -0.39 is 35.6 Å². The number of fused-ring (bicyclic) bond motifs is 3. The molecule has 33 heavy (non-hydrogen) atoms. The normalized spacial score (nSPS) is 33.2. The third-order valence-corrected chi connectivity index (χ3v) is 7.34. The Balaban J connectivity index is 1.47. The maximum atomic E-state index is 13.3. The quantitative estimate of drug-likeness (QED) is 0.655. The summed E-state index contributed by atoms with van der Waals surface area (Å²) in [4.78, 5) is 27.8. The fourth-order valence-corrected chi connectivity index (χ4v) is 5.83. The number of phenols is 1. The van der Waals surface area contributed by atoms with E-state index in [9.17, 15) is 19.8 Å². The van der Waals surface area contributed by atoms with Crippen LogP contribution in [-0.2, 0) is 14.3 Å². The number of likely N-dealkylation sites (tertiary alicyclic amines) is 1. The van der Waals surface area contributed by atoms with Crippen molar-refractivity contribution in [2.45, 2.75) is 38.1 Å². The van der Waals surface area contributed by atoms with Crippen molar-refractivity contribution < 1.29 is 29.3 Å². The predicted octanol–water partition coefficient (Wildman–Crippen LogP) is 3.27. The molecule has 0 unspecified atom stereocenters. The molecule has 174 valence electrons. The summed E-state index contributed by atoms with van der Waals surface area (Å²) in [6.45, 7) is 2.49. The fraction of sp³-hybridized carbons (Fsp3) is 0.462. The topological polar surface area (TPSA) is 96.3 Å². The molecule has 2 heterocycles. The zero-order chi connectivity index (χ0) is 23.2. The minimum Gasteiger partial charge on any atom is -0.508 e. The number of amides is 2. The van der Waals surface area contributed by atoms with Crippen molar-refractivity contribution in [3.05, 3.63) is 60.2 Å². The van der Waals surface area contributed by atoms with Gasteiger partial charge in [-0.3, -0.25) is 14.5 Å². The highest BCUT2D eigenvalue weighted by Crippen LogP contribution is 2.58. The number of hydrogen-bond donors (Lipinski definition) is 2. The van der Waals surface area contributed by atoms with Gasteiger partial charge in [-0.25, -0.2) is 0 Å². The van der Waals surface area contributed by atoms with Crippen LogP contribution in [0, 0.1) is 23.7 Å². The van der Waals surface area contributed by atoms with Crippen molar-refractivity contribution in [3.63, 3.8) is 0 Å². The fourth-order valence-electron chi connectivity index (χ4n) is 5.83. The molecular weight excluding hydrogens is 422 g/mol. The Morgan fingerprint density at radius 3 is 2.61 bits per heavy atom. The molecule has 7 heteroatoms. The minimum absolute atomic E-state index is 0.112. The number of phenolic OH excluding ortho intramolecular Hbond substituents is 1. The maximum Gasteiger partial charge on any atom is 0.233 e. The Kier molecular flexibility index (Phi) is 5.62. The summed E-state index contributed by atoms with van der Waals surface area (Å²) in [6, 6.07) is 16.1. The van der Waals surface area contributed by atoms with Gasteiger partial charge in [0.25, 0.3) is 0 Å². The van der Waals surface area contributed by atoms with Crippen LogP contribution in [0.1, 0.15) is 37.9 Å². The molecule has 6 atom stereocenters. The van der Waals surface area contributed by atoms with Crippen molar-refractivity contribution in [2.24, 2.45) is 23.7 Å². The number of carbonyl (C=O) groups excluding carboxylic acids is 2. The van der Waals surface area contributed by atoms with Crippen LogP contribution in [0.2, 0.25) is 0 Å². The first-order chi connectivity index (χ1) is 15.9. The third-order valence-electron chi connectivity index (χ3n) is 7.34. The van der Waals surface area contributed by atoms with Gasteiger partial charge in [-0.05, 0) is 49.1 Å². The maximum absolute atomic E-state index is 13.3. The summed E-state index contributed by atoms with van der Waals surface area (Å²) in [5.74, 6) is -3.29. The van der Waals surface area contributed by atoms with E-state index in [0.717, 1.165) is 5.56 Å². The zero-order valence-electron chi connectivity index (χ0n) is 18.6. The molecule has 0 aromatic heterocycles. The number of rotatable bonds is 6. The molecule has 2 aliphatic heterocycles. The van der Waals surface area contributed by atoms with Crippen molar-refractivity contribution in [1.82, 2.24) is 4.90 Å². The number of ether oxygens (including phenoxy) is 2. The van der Waals surface area contributed by atoms with Gasteiger partial charge in [0.2, 0.25) is 11.8 Å². The Labute approximate surface area is 192 Å². The number of nitrogens with zero attached hydrogens (tertiary/aromatic N) is 1. The van der Waals surface area contributed by atoms with E-state index in [-0.39, 0.29) is 24.2 Å². The second-order valence-corrected chi connectivity index (χ2v) is 9.31. The third kappa shape index (κ3) is 3.69. The number of para-hydroxylation sites is 1. The van der Waals surface area contributed by atoms with E-state index in [1.165, 1.54) is 4.90 Å². The summed E-state index contributed by atoms with van der Waals surface area (Å²) >= 11 is 0. The monoisotopic (exact) mass is 451 g/mol. The Morgan fingerprint density at radius 1 is 1.09 bits per heavy atom. The molecule has 0 radical (unpaired) electrons. The summed E-state index contributed by atoms with van der Waals surface area (Å²) in [6.07, 6.45) is 0.909. The van der Waals surface area contributed by atoms with E-state index in [0.29, 0.717) is 31.6 Å². The van der Waals surface area contributed by atoms with E-state index in [1.807, 2.05) is 43.3 Å². The van der Waals surface area contributed by atoms with E-state index in [1.54, 1.807) is 18.2 Å².